The van der Waals surface area contributed by atoms with Gasteiger partial charge in [-0.25, -0.2) is 4.98 Å². The van der Waals surface area contributed by atoms with Crippen molar-refractivity contribution in [1.82, 2.24) is 9.88 Å². The molecule has 2 aromatic rings. The lowest BCUT2D eigenvalue weighted by atomic mass is 10.2. The van der Waals surface area contributed by atoms with Crippen LogP contribution in [0, 0.1) is 0 Å². The Kier molecular flexibility index (Phi) is 5.74. The molecule has 0 aliphatic carbocycles. The number of hydrogen-bond donors (Lipinski definition) is 1. The smallest absolute Gasteiger partial charge is 0.273 e. The number of carbonyl (C=O) groups is 1. The predicted octanol–water partition coefficient (Wildman–Crippen LogP) is 3.02. The van der Waals surface area contributed by atoms with Crippen LogP contribution in [0.25, 0.3) is 10.6 Å². The van der Waals surface area contributed by atoms with Crippen molar-refractivity contribution < 1.29 is 9.53 Å². The molecule has 0 spiro atoms. The van der Waals surface area contributed by atoms with E-state index in [2.05, 4.69) is 4.98 Å². The number of ether oxygens (including phenoxy) is 1. The molecular weight excluding hydrogens is 310 g/mol. The Balaban J connectivity index is 2.14. The van der Waals surface area contributed by atoms with E-state index in [0.717, 1.165) is 16.3 Å². The Morgan fingerprint density at radius 3 is 2.52 bits per heavy atom. The first-order valence-corrected chi connectivity index (χ1v) is 8.50. The van der Waals surface area contributed by atoms with E-state index in [-0.39, 0.29) is 18.1 Å². The Hall–Kier alpha value is -1.92. The van der Waals surface area contributed by atoms with E-state index in [1.807, 2.05) is 45.0 Å². The number of carbonyl (C=O) groups excluding carboxylic acids is 1. The van der Waals surface area contributed by atoms with Crippen LogP contribution in [-0.2, 0) is 0 Å². The Labute approximate surface area is 141 Å². The van der Waals surface area contributed by atoms with Crippen molar-refractivity contribution in [2.45, 2.75) is 32.9 Å². The van der Waals surface area contributed by atoms with Crippen LogP contribution in [0.2, 0.25) is 0 Å². The van der Waals surface area contributed by atoms with Crippen molar-refractivity contribution in [1.29, 1.82) is 0 Å². The zero-order chi connectivity index (χ0) is 17.0. The van der Waals surface area contributed by atoms with Crippen LogP contribution in [0.3, 0.4) is 0 Å². The van der Waals surface area contributed by atoms with Gasteiger partial charge in [-0.3, -0.25) is 4.79 Å². The lowest BCUT2D eigenvalue weighted by Crippen LogP contribution is -2.39. The van der Waals surface area contributed by atoms with Crippen LogP contribution in [0.15, 0.2) is 29.6 Å². The summed E-state index contributed by atoms with van der Waals surface area (Å²) < 4.78 is 5.63. The number of likely N-dealkylation sites (N-methyl/N-ethyl adjacent to an activating group) is 1. The van der Waals surface area contributed by atoms with Gasteiger partial charge < -0.3 is 15.4 Å². The molecular formula is C17H23N3O2S. The molecule has 1 aromatic carbocycles. The second-order valence-electron chi connectivity index (χ2n) is 5.73. The fraction of sp³-hybridized carbons (Fsp3) is 0.412. The highest BCUT2D eigenvalue weighted by Gasteiger charge is 2.19. The number of nitrogens with zero attached hydrogens (tertiary/aromatic N) is 2. The molecule has 6 heteroatoms. The molecule has 5 nitrogen and oxygen atoms in total. The summed E-state index contributed by atoms with van der Waals surface area (Å²) >= 11 is 1.46. The van der Waals surface area contributed by atoms with Crippen molar-refractivity contribution >= 4 is 17.2 Å². The van der Waals surface area contributed by atoms with Crippen molar-refractivity contribution in [3.8, 4) is 16.3 Å². The molecule has 0 radical (unpaired) electrons. The fourth-order valence-electron chi connectivity index (χ4n) is 1.99. The summed E-state index contributed by atoms with van der Waals surface area (Å²) in [5.74, 6) is 0.721. The van der Waals surface area contributed by atoms with Gasteiger partial charge in [0.05, 0.1) is 6.10 Å². The van der Waals surface area contributed by atoms with Gasteiger partial charge in [0.15, 0.2) is 0 Å². The number of thiazole rings is 1. The molecule has 0 bridgehead atoms. The third kappa shape index (κ3) is 4.30. The van der Waals surface area contributed by atoms with Crippen molar-refractivity contribution in [3.63, 3.8) is 0 Å². The quantitative estimate of drug-likeness (QED) is 0.882. The van der Waals surface area contributed by atoms with Crippen molar-refractivity contribution in [2.75, 3.05) is 13.6 Å². The molecule has 0 fully saturated rings. The maximum absolute atomic E-state index is 12.4. The summed E-state index contributed by atoms with van der Waals surface area (Å²) in [5, 5.41) is 2.61. The predicted molar refractivity (Wildman–Crippen MR) is 93.9 cm³/mol. The van der Waals surface area contributed by atoms with E-state index >= 15 is 0 Å². The number of benzene rings is 1. The maximum atomic E-state index is 12.4. The molecule has 1 aromatic heterocycles. The molecule has 2 rings (SSSR count). The zero-order valence-corrected chi connectivity index (χ0v) is 14.8. The molecule has 23 heavy (non-hydrogen) atoms. The third-order valence-corrected chi connectivity index (χ3v) is 4.41. The summed E-state index contributed by atoms with van der Waals surface area (Å²) in [6.45, 7) is 6.33. The summed E-state index contributed by atoms with van der Waals surface area (Å²) in [7, 11) is 1.75. The molecule has 1 amide bonds. The van der Waals surface area contributed by atoms with E-state index in [9.17, 15) is 4.79 Å². The lowest BCUT2D eigenvalue weighted by Gasteiger charge is -2.22. The van der Waals surface area contributed by atoms with Gasteiger partial charge in [0, 0.05) is 30.6 Å². The standard InChI is InChI=1S/C17H23N3O2S/c1-11(2)22-14-7-5-13(6-8-14)16-19-15(10-23-16)17(21)20(4)12(3)9-18/h5-8,10-12H,9,18H2,1-4H3. The highest BCUT2D eigenvalue weighted by Crippen LogP contribution is 2.26. The van der Waals surface area contributed by atoms with Gasteiger partial charge in [-0.1, -0.05) is 0 Å². The molecule has 124 valence electrons. The largest absolute Gasteiger partial charge is 0.491 e. The minimum Gasteiger partial charge on any atom is -0.491 e. The van der Waals surface area contributed by atoms with E-state index in [4.69, 9.17) is 10.5 Å². The van der Waals surface area contributed by atoms with E-state index in [1.165, 1.54) is 11.3 Å². The molecule has 2 N–H and O–H groups in total. The summed E-state index contributed by atoms with van der Waals surface area (Å²) in [4.78, 5) is 18.4. The second kappa shape index (κ2) is 7.57. The first-order chi connectivity index (χ1) is 10.9. The molecule has 1 unspecified atom stereocenters. The Morgan fingerprint density at radius 2 is 1.96 bits per heavy atom. The van der Waals surface area contributed by atoms with Gasteiger partial charge in [0.25, 0.3) is 5.91 Å². The minimum absolute atomic E-state index is 0.0138. The van der Waals surface area contributed by atoms with Gasteiger partial charge >= 0.3 is 0 Å². The van der Waals surface area contributed by atoms with Crippen LogP contribution < -0.4 is 10.5 Å². The number of rotatable bonds is 6. The molecule has 1 heterocycles. The van der Waals surface area contributed by atoms with E-state index in [0.29, 0.717) is 12.2 Å². The zero-order valence-electron chi connectivity index (χ0n) is 13.9. The first-order valence-electron chi connectivity index (χ1n) is 7.62. The van der Waals surface area contributed by atoms with Crippen molar-refractivity contribution in [2.24, 2.45) is 5.73 Å². The normalized spacial score (nSPS) is 12.3. The van der Waals surface area contributed by atoms with Crippen molar-refractivity contribution in [3.05, 3.63) is 35.3 Å². The maximum Gasteiger partial charge on any atom is 0.273 e. The SMILES string of the molecule is CC(C)Oc1ccc(-c2nc(C(=O)N(C)C(C)CN)cs2)cc1. The molecule has 0 saturated heterocycles. The van der Waals surface area contributed by atoms with Crippen LogP contribution in [-0.4, -0.2) is 41.5 Å². The van der Waals surface area contributed by atoms with Crippen LogP contribution >= 0.6 is 11.3 Å². The number of amides is 1. The Morgan fingerprint density at radius 1 is 1.30 bits per heavy atom. The van der Waals surface area contributed by atoms with Gasteiger partial charge in [-0.05, 0) is 45.0 Å². The molecule has 1 atom stereocenters. The summed E-state index contributed by atoms with van der Waals surface area (Å²) in [6.07, 6.45) is 0.144. The van der Waals surface area contributed by atoms with Crippen LogP contribution in [0.1, 0.15) is 31.3 Å². The van der Waals surface area contributed by atoms with Gasteiger partial charge in [-0.15, -0.1) is 11.3 Å². The van der Waals surface area contributed by atoms with Gasteiger partial charge in [0.1, 0.15) is 16.5 Å². The van der Waals surface area contributed by atoms with E-state index < -0.39 is 0 Å². The summed E-state index contributed by atoms with van der Waals surface area (Å²) in [5.41, 5.74) is 7.04. The van der Waals surface area contributed by atoms with Crippen LogP contribution in [0.4, 0.5) is 0 Å². The highest BCUT2D eigenvalue weighted by molar-refractivity contribution is 7.13. The molecule has 0 aliphatic rings. The molecule has 0 saturated carbocycles. The average molecular weight is 333 g/mol. The van der Waals surface area contributed by atoms with Crippen LogP contribution in [0.5, 0.6) is 5.75 Å². The Bertz CT molecular complexity index is 652. The van der Waals surface area contributed by atoms with Gasteiger partial charge in [0.2, 0.25) is 0 Å². The average Bonchev–Trinajstić information content (AvgIpc) is 3.02. The third-order valence-electron chi connectivity index (χ3n) is 3.52. The topological polar surface area (TPSA) is 68.5 Å². The number of hydrogen-bond acceptors (Lipinski definition) is 5. The monoisotopic (exact) mass is 333 g/mol. The summed E-state index contributed by atoms with van der Waals surface area (Å²) in [6, 6.07) is 7.73. The van der Waals surface area contributed by atoms with E-state index in [1.54, 1.807) is 17.3 Å². The van der Waals surface area contributed by atoms with Gasteiger partial charge in [-0.2, -0.15) is 0 Å². The number of nitrogens with two attached hydrogens (primary N) is 1. The highest BCUT2D eigenvalue weighted by atomic mass is 32.1. The first kappa shape index (κ1) is 17.4. The lowest BCUT2D eigenvalue weighted by molar-refractivity contribution is 0.0743. The number of aromatic nitrogens is 1. The second-order valence-corrected chi connectivity index (χ2v) is 6.59. The fourth-order valence-corrected chi connectivity index (χ4v) is 2.79. The molecule has 0 aliphatic heterocycles. The minimum atomic E-state index is -0.106.